The first kappa shape index (κ1) is 15.2. The van der Waals surface area contributed by atoms with E-state index in [1.54, 1.807) is 18.3 Å². The SMILES string of the molecule is COc1ccc(CC(=NN2CCCC2=O)c2ccccn2)cc1. The molecule has 0 saturated carbocycles. The predicted octanol–water partition coefficient (Wildman–Crippen LogP) is 2.66. The zero-order valence-corrected chi connectivity index (χ0v) is 13.1. The first-order chi connectivity index (χ1) is 11.3. The molecule has 1 aliphatic heterocycles. The van der Waals surface area contributed by atoms with Crippen molar-refractivity contribution in [1.29, 1.82) is 0 Å². The van der Waals surface area contributed by atoms with E-state index >= 15 is 0 Å². The summed E-state index contributed by atoms with van der Waals surface area (Å²) in [7, 11) is 1.65. The Balaban J connectivity index is 1.88. The molecule has 1 aromatic heterocycles. The molecule has 23 heavy (non-hydrogen) atoms. The maximum absolute atomic E-state index is 11.9. The summed E-state index contributed by atoms with van der Waals surface area (Å²) in [4.78, 5) is 16.2. The molecule has 1 fully saturated rings. The number of ether oxygens (including phenoxy) is 1. The standard InChI is InChI=1S/C18H19N3O2/c1-23-15-9-7-14(8-10-15)13-17(16-5-2-3-11-19-16)20-21-12-4-6-18(21)22/h2-3,5,7-11H,4,6,12-13H2,1H3. The van der Waals surface area contributed by atoms with Gasteiger partial charge in [-0.05, 0) is 36.2 Å². The van der Waals surface area contributed by atoms with Crippen LogP contribution in [0.5, 0.6) is 5.75 Å². The third-order valence-electron chi connectivity index (χ3n) is 3.78. The minimum atomic E-state index is 0.0770. The van der Waals surface area contributed by atoms with Crippen LogP contribution in [0, 0.1) is 0 Å². The molecule has 0 N–H and O–H groups in total. The second-order valence-electron chi connectivity index (χ2n) is 5.41. The zero-order valence-electron chi connectivity index (χ0n) is 13.1. The Labute approximate surface area is 135 Å². The van der Waals surface area contributed by atoms with Gasteiger partial charge in [-0.25, -0.2) is 5.01 Å². The molecule has 0 unspecified atom stereocenters. The highest BCUT2D eigenvalue weighted by Gasteiger charge is 2.21. The van der Waals surface area contributed by atoms with Crippen LogP contribution in [-0.2, 0) is 11.2 Å². The number of carbonyl (C=O) groups is 1. The minimum absolute atomic E-state index is 0.0770. The smallest absolute Gasteiger partial charge is 0.242 e. The number of nitrogens with zero attached hydrogens (tertiary/aromatic N) is 3. The molecule has 3 rings (SSSR count). The molecule has 5 heteroatoms. The van der Waals surface area contributed by atoms with Gasteiger partial charge in [-0.15, -0.1) is 0 Å². The van der Waals surface area contributed by atoms with Crippen molar-refractivity contribution in [2.24, 2.45) is 5.10 Å². The summed E-state index contributed by atoms with van der Waals surface area (Å²) >= 11 is 0. The lowest BCUT2D eigenvalue weighted by atomic mass is 10.1. The van der Waals surface area contributed by atoms with E-state index in [0.29, 0.717) is 19.4 Å². The van der Waals surface area contributed by atoms with Gasteiger partial charge < -0.3 is 4.74 Å². The van der Waals surface area contributed by atoms with Gasteiger partial charge in [-0.1, -0.05) is 18.2 Å². The van der Waals surface area contributed by atoms with E-state index < -0.39 is 0 Å². The fraction of sp³-hybridized carbons (Fsp3) is 0.278. The molecular formula is C18H19N3O2. The summed E-state index contributed by atoms with van der Waals surface area (Å²) < 4.78 is 5.19. The van der Waals surface area contributed by atoms with E-state index in [4.69, 9.17) is 4.74 Å². The number of benzene rings is 1. The summed E-state index contributed by atoms with van der Waals surface area (Å²) in [5, 5.41) is 6.13. The molecule has 0 radical (unpaired) electrons. The van der Waals surface area contributed by atoms with Crippen LogP contribution in [0.15, 0.2) is 53.8 Å². The highest BCUT2D eigenvalue weighted by Crippen LogP contribution is 2.16. The van der Waals surface area contributed by atoms with Crippen molar-refractivity contribution in [3.05, 3.63) is 59.9 Å². The molecule has 2 aromatic rings. The Bertz CT molecular complexity index is 696. The second-order valence-corrected chi connectivity index (χ2v) is 5.41. The summed E-state index contributed by atoms with van der Waals surface area (Å²) in [6.45, 7) is 0.678. The molecule has 1 saturated heterocycles. The molecule has 0 bridgehead atoms. The Kier molecular flexibility index (Phi) is 4.66. The van der Waals surface area contributed by atoms with Gasteiger partial charge in [-0.3, -0.25) is 9.78 Å². The van der Waals surface area contributed by atoms with Gasteiger partial charge >= 0.3 is 0 Å². The van der Waals surface area contributed by atoms with Gasteiger partial charge in [0.15, 0.2) is 0 Å². The van der Waals surface area contributed by atoms with Gasteiger partial charge in [0.1, 0.15) is 5.75 Å². The maximum Gasteiger partial charge on any atom is 0.242 e. The predicted molar refractivity (Wildman–Crippen MR) is 88.4 cm³/mol. The number of hydrogen-bond acceptors (Lipinski definition) is 4. The van der Waals surface area contributed by atoms with Crippen molar-refractivity contribution in [2.45, 2.75) is 19.3 Å². The van der Waals surface area contributed by atoms with E-state index in [0.717, 1.165) is 29.1 Å². The first-order valence-corrected chi connectivity index (χ1v) is 7.68. The molecule has 0 aliphatic carbocycles. The van der Waals surface area contributed by atoms with Crippen LogP contribution < -0.4 is 4.74 Å². The number of carbonyl (C=O) groups excluding carboxylic acids is 1. The lowest BCUT2D eigenvalue weighted by molar-refractivity contribution is -0.127. The third kappa shape index (κ3) is 3.74. The van der Waals surface area contributed by atoms with Crippen molar-refractivity contribution < 1.29 is 9.53 Å². The fourth-order valence-electron chi connectivity index (χ4n) is 2.53. The van der Waals surface area contributed by atoms with Crippen LogP contribution in [-0.4, -0.2) is 35.3 Å². The highest BCUT2D eigenvalue weighted by molar-refractivity contribution is 6.00. The van der Waals surface area contributed by atoms with E-state index in [1.807, 2.05) is 42.5 Å². The van der Waals surface area contributed by atoms with Crippen LogP contribution in [0.4, 0.5) is 0 Å². The summed E-state index contributed by atoms with van der Waals surface area (Å²) in [6.07, 6.45) is 3.79. The Morgan fingerprint density at radius 2 is 2.09 bits per heavy atom. The molecule has 1 aromatic carbocycles. The van der Waals surface area contributed by atoms with Gasteiger partial charge in [0.25, 0.3) is 0 Å². The highest BCUT2D eigenvalue weighted by atomic mass is 16.5. The molecule has 0 spiro atoms. The molecule has 118 valence electrons. The van der Waals surface area contributed by atoms with Gasteiger partial charge in [0.05, 0.1) is 18.5 Å². The number of pyridine rings is 1. The number of methoxy groups -OCH3 is 1. The van der Waals surface area contributed by atoms with Crippen molar-refractivity contribution in [3.63, 3.8) is 0 Å². The van der Waals surface area contributed by atoms with Gasteiger partial charge in [0, 0.05) is 25.6 Å². The molecule has 0 atom stereocenters. The summed E-state index contributed by atoms with van der Waals surface area (Å²) in [5.41, 5.74) is 2.69. The summed E-state index contributed by atoms with van der Waals surface area (Å²) in [5.74, 6) is 0.896. The van der Waals surface area contributed by atoms with Crippen molar-refractivity contribution in [1.82, 2.24) is 9.99 Å². The van der Waals surface area contributed by atoms with Crippen LogP contribution in [0.2, 0.25) is 0 Å². The Morgan fingerprint density at radius 3 is 2.70 bits per heavy atom. The van der Waals surface area contributed by atoms with E-state index in [-0.39, 0.29) is 5.91 Å². The van der Waals surface area contributed by atoms with Gasteiger partial charge in [0.2, 0.25) is 5.91 Å². The number of hydrazone groups is 1. The minimum Gasteiger partial charge on any atom is -0.497 e. The molecule has 1 aliphatic rings. The number of amides is 1. The lowest BCUT2D eigenvalue weighted by Gasteiger charge is -2.13. The molecule has 1 amide bonds. The lowest BCUT2D eigenvalue weighted by Crippen LogP contribution is -2.22. The van der Waals surface area contributed by atoms with Crippen LogP contribution >= 0.6 is 0 Å². The number of rotatable bonds is 5. The monoisotopic (exact) mass is 309 g/mol. The van der Waals surface area contributed by atoms with Gasteiger partial charge in [-0.2, -0.15) is 5.10 Å². The molecular weight excluding hydrogens is 290 g/mol. The topological polar surface area (TPSA) is 54.8 Å². The largest absolute Gasteiger partial charge is 0.497 e. The average Bonchev–Trinajstić information content (AvgIpc) is 3.00. The van der Waals surface area contributed by atoms with Crippen LogP contribution in [0.25, 0.3) is 0 Å². The van der Waals surface area contributed by atoms with Crippen LogP contribution in [0.1, 0.15) is 24.1 Å². The Hall–Kier alpha value is -2.69. The van der Waals surface area contributed by atoms with Crippen molar-refractivity contribution in [3.8, 4) is 5.75 Å². The van der Waals surface area contributed by atoms with Crippen LogP contribution in [0.3, 0.4) is 0 Å². The van der Waals surface area contributed by atoms with E-state index in [9.17, 15) is 4.79 Å². The first-order valence-electron chi connectivity index (χ1n) is 7.68. The quantitative estimate of drug-likeness (QED) is 0.798. The molecule has 2 heterocycles. The Morgan fingerprint density at radius 1 is 1.26 bits per heavy atom. The maximum atomic E-state index is 11.9. The third-order valence-corrected chi connectivity index (χ3v) is 3.78. The molecule has 5 nitrogen and oxygen atoms in total. The van der Waals surface area contributed by atoms with Crippen molar-refractivity contribution >= 4 is 11.6 Å². The fourth-order valence-corrected chi connectivity index (χ4v) is 2.53. The van der Waals surface area contributed by atoms with E-state index in [1.165, 1.54) is 0 Å². The average molecular weight is 309 g/mol. The zero-order chi connectivity index (χ0) is 16.1. The number of aromatic nitrogens is 1. The summed E-state index contributed by atoms with van der Waals surface area (Å²) in [6, 6.07) is 13.6. The normalized spacial score (nSPS) is 15.1. The van der Waals surface area contributed by atoms with E-state index in [2.05, 4.69) is 10.1 Å². The van der Waals surface area contributed by atoms with Crippen molar-refractivity contribution in [2.75, 3.05) is 13.7 Å². The number of hydrogen-bond donors (Lipinski definition) is 0. The second kappa shape index (κ2) is 7.05.